The molecule has 6 nitrogen and oxygen atoms in total. The van der Waals surface area contributed by atoms with Crippen molar-refractivity contribution in [3.63, 3.8) is 0 Å². The number of amides is 1. The van der Waals surface area contributed by atoms with Crippen molar-refractivity contribution in [2.45, 2.75) is 13.8 Å². The highest BCUT2D eigenvalue weighted by molar-refractivity contribution is 5.77. The zero-order chi connectivity index (χ0) is 18.4. The Morgan fingerprint density at radius 3 is 2.35 bits per heavy atom. The first-order valence-corrected chi connectivity index (χ1v) is 8.61. The minimum Gasteiger partial charge on any atom is -0.484 e. The van der Waals surface area contributed by atoms with Crippen LogP contribution in [0.15, 0.2) is 59.1 Å². The molecule has 0 radical (unpaired) electrons. The van der Waals surface area contributed by atoms with E-state index in [1.807, 2.05) is 56.3 Å². The molecule has 134 valence electrons. The highest BCUT2D eigenvalue weighted by Crippen LogP contribution is 2.24. The molecule has 0 aliphatic heterocycles. The number of carbonyl (C=O) groups is 1. The lowest BCUT2D eigenvalue weighted by Crippen LogP contribution is -2.34. The summed E-state index contributed by atoms with van der Waals surface area (Å²) in [5.74, 6) is 1.58. The first kappa shape index (κ1) is 17.7. The van der Waals surface area contributed by atoms with E-state index in [4.69, 9.17) is 9.26 Å². The molecule has 3 rings (SSSR count). The third-order valence-electron chi connectivity index (χ3n) is 4.04. The van der Waals surface area contributed by atoms with Crippen molar-refractivity contribution in [2.24, 2.45) is 0 Å². The smallest absolute Gasteiger partial charge is 0.260 e. The molecule has 0 spiro atoms. The van der Waals surface area contributed by atoms with Gasteiger partial charge in [-0.25, -0.2) is 0 Å². The second kappa shape index (κ2) is 8.29. The summed E-state index contributed by atoms with van der Waals surface area (Å²) in [5, 5.41) is 4.02. The van der Waals surface area contributed by atoms with Gasteiger partial charge in [0, 0.05) is 24.2 Å². The van der Waals surface area contributed by atoms with Crippen LogP contribution in [0.4, 0.5) is 0 Å². The van der Waals surface area contributed by atoms with Crippen LogP contribution in [0.5, 0.6) is 5.75 Å². The normalized spacial score (nSPS) is 10.5. The maximum Gasteiger partial charge on any atom is 0.260 e. The van der Waals surface area contributed by atoms with Gasteiger partial charge in [0.2, 0.25) is 5.82 Å². The summed E-state index contributed by atoms with van der Waals surface area (Å²) in [6.07, 6.45) is 0. The molecule has 0 aliphatic carbocycles. The van der Waals surface area contributed by atoms with Crippen LogP contribution in [0.2, 0.25) is 0 Å². The molecule has 3 aromatic rings. The SMILES string of the molecule is CCN(CC)C(=O)COc1ccc(-c2nc(-c3ccccc3)no2)cc1. The molecule has 0 fully saturated rings. The second-order valence-electron chi connectivity index (χ2n) is 5.67. The molecule has 0 aliphatic rings. The Bertz CT molecular complexity index is 840. The molecule has 0 saturated heterocycles. The number of nitrogens with zero attached hydrogens (tertiary/aromatic N) is 3. The van der Waals surface area contributed by atoms with E-state index < -0.39 is 0 Å². The predicted molar refractivity (Wildman–Crippen MR) is 98.6 cm³/mol. The quantitative estimate of drug-likeness (QED) is 0.650. The highest BCUT2D eigenvalue weighted by Gasteiger charge is 2.12. The first-order chi connectivity index (χ1) is 12.7. The molecule has 6 heteroatoms. The number of aromatic nitrogens is 2. The van der Waals surface area contributed by atoms with Gasteiger partial charge in [-0.3, -0.25) is 4.79 Å². The maximum absolute atomic E-state index is 12.0. The number of hydrogen-bond donors (Lipinski definition) is 0. The van der Waals surface area contributed by atoms with Gasteiger partial charge in [-0.2, -0.15) is 4.98 Å². The van der Waals surface area contributed by atoms with Crippen molar-refractivity contribution in [3.8, 4) is 28.6 Å². The lowest BCUT2D eigenvalue weighted by atomic mass is 10.2. The van der Waals surface area contributed by atoms with Gasteiger partial charge >= 0.3 is 0 Å². The van der Waals surface area contributed by atoms with Gasteiger partial charge in [0.05, 0.1) is 0 Å². The van der Waals surface area contributed by atoms with E-state index in [1.54, 1.807) is 17.0 Å². The van der Waals surface area contributed by atoms with Crippen LogP contribution >= 0.6 is 0 Å². The van der Waals surface area contributed by atoms with Crippen LogP contribution in [0.3, 0.4) is 0 Å². The number of benzene rings is 2. The monoisotopic (exact) mass is 351 g/mol. The molecule has 26 heavy (non-hydrogen) atoms. The van der Waals surface area contributed by atoms with Crippen molar-refractivity contribution >= 4 is 5.91 Å². The van der Waals surface area contributed by atoms with Crippen molar-refractivity contribution < 1.29 is 14.1 Å². The molecule has 0 atom stereocenters. The topological polar surface area (TPSA) is 68.5 Å². The number of carbonyl (C=O) groups excluding carboxylic acids is 1. The minimum atomic E-state index is -0.0246. The predicted octanol–water partition coefficient (Wildman–Crippen LogP) is 3.65. The van der Waals surface area contributed by atoms with Gasteiger partial charge in [0.25, 0.3) is 11.8 Å². The summed E-state index contributed by atoms with van der Waals surface area (Å²) in [7, 11) is 0. The Balaban J connectivity index is 1.65. The van der Waals surface area contributed by atoms with Crippen LogP contribution < -0.4 is 4.74 Å². The molecule has 0 N–H and O–H groups in total. The van der Waals surface area contributed by atoms with Gasteiger partial charge in [-0.05, 0) is 38.1 Å². The van der Waals surface area contributed by atoms with Crippen molar-refractivity contribution in [3.05, 3.63) is 54.6 Å². The minimum absolute atomic E-state index is 0.0246. The van der Waals surface area contributed by atoms with Gasteiger partial charge < -0.3 is 14.2 Å². The summed E-state index contributed by atoms with van der Waals surface area (Å²) in [5.41, 5.74) is 1.69. The summed E-state index contributed by atoms with van der Waals surface area (Å²) >= 11 is 0. The fourth-order valence-corrected chi connectivity index (χ4v) is 2.55. The van der Waals surface area contributed by atoms with E-state index in [2.05, 4.69) is 10.1 Å². The van der Waals surface area contributed by atoms with Crippen LogP contribution in [0, 0.1) is 0 Å². The third kappa shape index (κ3) is 4.08. The standard InChI is InChI=1S/C20H21N3O3/c1-3-23(4-2)18(24)14-25-17-12-10-16(11-13-17)20-21-19(22-26-20)15-8-6-5-7-9-15/h5-13H,3-4,14H2,1-2H3. The molecule has 0 bridgehead atoms. The molecule has 2 aromatic carbocycles. The molecular weight excluding hydrogens is 330 g/mol. The Labute approximate surface area is 152 Å². The van der Waals surface area contributed by atoms with Crippen LogP contribution in [0.25, 0.3) is 22.8 Å². The Morgan fingerprint density at radius 2 is 1.69 bits per heavy atom. The van der Waals surface area contributed by atoms with Gasteiger partial charge in [0.15, 0.2) is 6.61 Å². The van der Waals surface area contributed by atoms with E-state index >= 15 is 0 Å². The van der Waals surface area contributed by atoms with E-state index in [0.717, 1.165) is 11.1 Å². The first-order valence-electron chi connectivity index (χ1n) is 8.61. The number of rotatable bonds is 7. The highest BCUT2D eigenvalue weighted by atomic mass is 16.5. The zero-order valence-electron chi connectivity index (χ0n) is 14.9. The Morgan fingerprint density at radius 1 is 1.00 bits per heavy atom. The zero-order valence-corrected chi connectivity index (χ0v) is 14.9. The number of likely N-dealkylation sites (N-methyl/N-ethyl adjacent to an activating group) is 1. The van der Waals surface area contributed by atoms with E-state index in [1.165, 1.54) is 0 Å². The number of hydrogen-bond acceptors (Lipinski definition) is 5. The van der Waals surface area contributed by atoms with E-state index in [9.17, 15) is 4.79 Å². The molecular formula is C20H21N3O3. The van der Waals surface area contributed by atoms with Crippen LogP contribution in [0.1, 0.15) is 13.8 Å². The van der Waals surface area contributed by atoms with Gasteiger partial charge in [-0.15, -0.1) is 0 Å². The average Bonchev–Trinajstić information content (AvgIpc) is 3.19. The Kier molecular flexibility index (Phi) is 5.63. The van der Waals surface area contributed by atoms with Crippen LogP contribution in [-0.4, -0.2) is 40.6 Å². The summed E-state index contributed by atoms with van der Waals surface area (Å²) < 4.78 is 10.9. The van der Waals surface area contributed by atoms with Gasteiger partial charge in [-0.1, -0.05) is 35.5 Å². The van der Waals surface area contributed by atoms with Crippen molar-refractivity contribution in [1.29, 1.82) is 0 Å². The molecule has 1 aromatic heterocycles. The largest absolute Gasteiger partial charge is 0.484 e. The average molecular weight is 351 g/mol. The molecule has 0 unspecified atom stereocenters. The second-order valence-corrected chi connectivity index (χ2v) is 5.67. The fourth-order valence-electron chi connectivity index (χ4n) is 2.55. The lowest BCUT2D eigenvalue weighted by Gasteiger charge is -2.18. The fraction of sp³-hybridized carbons (Fsp3) is 0.250. The summed E-state index contributed by atoms with van der Waals surface area (Å²) in [6, 6.07) is 16.9. The Hall–Kier alpha value is -3.15. The maximum atomic E-state index is 12.0. The van der Waals surface area contributed by atoms with Gasteiger partial charge in [0.1, 0.15) is 5.75 Å². The molecule has 0 saturated carbocycles. The van der Waals surface area contributed by atoms with Crippen molar-refractivity contribution in [1.82, 2.24) is 15.0 Å². The van der Waals surface area contributed by atoms with E-state index in [0.29, 0.717) is 30.6 Å². The number of ether oxygens (including phenoxy) is 1. The summed E-state index contributed by atoms with van der Waals surface area (Å²) in [6.45, 7) is 5.28. The van der Waals surface area contributed by atoms with Crippen molar-refractivity contribution in [2.75, 3.05) is 19.7 Å². The van der Waals surface area contributed by atoms with Crippen LogP contribution in [-0.2, 0) is 4.79 Å². The molecule has 1 heterocycles. The molecule has 1 amide bonds. The van der Waals surface area contributed by atoms with E-state index in [-0.39, 0.29) is 12.5 Å². The summed E-state index contributed by atoms with van der Waals surface area (Å²) in [4.78, 5) is 18.1. The third-order valence-corrected chi connectivity index (χ3v) is 4.04. The lowest BCUT2D eigenvalue weighted by molar-refractivity contribution is -0.132.